The number of rotatable bonds is 3. The van der Waals surface area contributed by atoms with Crippen molar-refractivity contribution in [1.29, 1.82) is 0 Å². The third-order valence-corrected chi connectivity index (χ3v) is 5.18. The molecule has 1 aromatic heterocycles. The first kappa shape index (κ1) is 13.7. The maximum absolute atomic E-state index is 12.3. The molecule has 0 saturated heterocycles. The molecule has 1 atom stereocenters. The molecule has 4 heteroatoms. The minimum absolute atomic E-state index is 0.0169. The van der Waals surface area contributed by atoms with E-state index in [1.807, 2.05) is 31.2 Å². The van der Waals surface area contributed by atoms with E-state index in [9.17, 15) is 4.79 Å². The van der Waals surface area contributed by atoms with Gasteiger partial charge in [-0.15, -0.1) is 11.3 Å². The normalized spacial score (nSPS) is 14.9. The zero-order chi connectivity index (χ0) is 14.1. The molecule has 2 aromatic rings. The van der Waals surface area contributed by atoms with Gasteiger partial charge in [0.05, 0.1) is 10.9 Å². The second-order valence-electron chi connectivity index (χ2n) is 5.16. The van der Waals surface area contributed by atoms with Crippen molar-refractivity contribution in [3.8, 4) is 0 Å². The molecular formula is C16H16ClNOS. The summed E-state index contributed by atoms with van der Waals surface area (Å²) in [5.74, 6) is 0.0202. The molecule has 1 aromatic carbocycles. The smallest absolute Gasteiger partial charge is 0.261 e. The first-order chi connectivity index (χ1) is 9.63. The summed E-state index contributed by atoms with van der Waals surface area (Å²) in [6, 6.07) is 9.62. The molecule has 0 fully saturated rings. The average Bonchev–Trinajstić information content (AvgIpc) is 2.99. The third-order valence-electron chi connectivity index (χ3n) is 3.69. The lowest BCUT2D eigenvalue weighted by molar-refractivity contribution is 0.0944. The predicted octanol–water partition coefficient (Wildman–Crippen LogP) is 4.38. The van der Waals surface area contributed by atoms with Gasteiger partial charge in [0.25, 0.3) is 5.91 Å². The summed E-state index contributed by atoms with van der Waals surface area (Å²) in [4.78, 5) is 14.5. The molecule has 1 unspecified atom stereocenters. The fourth-order valence-electron chi connectivity index (χ4n) is 2.54. The van der Waals surface area contributed by atoms with Crippen LogP contribution in [0.3, 0.4) is 0 Å². The molecule has 20 heavy (non-hydrogen) atoms. The van der Waals surface area contributed by atoms with Crippen LogP contribution in [0, 0.1) is 0 Å². The fourth-order valence-corrected chi connectivity index (χ4v) is 3.83. The highest BCUT2D eigenvalue weighted by Gasteiger charge is 2.19. The lowest BCUT2D eigenvalue weighted by Crippen LogP contribution is -2.25. The van der Waals surface area contributed by atoms with Gasteiger partial charge in [-0.05, 0) is 55.5 Å². The fraction of sp³-hybridized carbons (Fsp3) is 0.312. The molecule has 1 aliphatic carbocycles. The number of aryl methyl sites for hydroxylation is 2. The van der Waals surface area contributed by atoms with Gasteiger partial charge in [0.2, 0.25) is 0 Å². The van der Waals surface area contributed by atoms with E-state index in [1.165, 1.54) is 16.9 Å². The molecule has 3 rings (SSSR count). The van der Waals surface area contributed by atoms with Crippen LogP contribution in [0.4, 0.5) is 0 Å². The van der Waals surface area contributed by atoms with E-state index in [4.69, 9.17) is 11.6 Å². The third kappa shape index (κ3) is 2.74. The molecule has 0 bridgehead atoms. The molecular weight excluding hydrogens is 290 g/mol. The van der Waals surface area contributed by atoms with Crippen LogP contribution in [-0.4, -0.2) is 5.91 Å². The number of thiophene rings is 1. The number of halogens is 1. The Kier molecular flexibility index (Phi) is 3.81. The Hall–Kier alpha value is -1.32. The van der Waals surface area contributed by atoms with E-state index in [-0.39, 0.29) is 11.9 Å². The Morgan fingerprint density at radius 1 is 1.30 bits per heavy atom. The summed E-state index contributed by atoms with van der Waals surface area (Å²) in [7, 11) is 0. The zero-order valence-corrected chi connectivity index (χ0v) is 12.9. The molecule has 2 nitrogen and oxygen atoms in total. The van der Waals surface area contributed by atoms with E-state index >= 15 is 0 Å². The number of hydrogen-bond acceptors (Lipinski definition) is 2. The van der Waals surface area contributed by atoms with Crippen molar-refractivity contribution in [3.05, 3.63) is 56.2 Å². The Morgan fingerprint density at radius 3 is 2.75 bits per heavy atom. The van der Waals surface area contributed by atoms with Crippen molar-refractivity contribution in [3.63, 3.8) is 0 Å². The Labute approximate surface area is 127 Å². The number of hydrogen-bond donors (Lipinski definition) is 1. The SMILES string of the molecule is CC(NC(=O)c1cc2c(s1)CCC2)c1ccc(Cl)cc1. The van der Waals surface area contributed by atoms with Crippen molar-refractivity contribution in [2.24, 2.45) is 0 Å². The molecule has 0 radical (unpaired) electrons. The summed E-state index contributed by atoms with van der Waals surface area (Å²) in [6.45, 7) is 1.99. The molecule has 1 aliphatic rings. The predicted molar refractivity (Wildman–Crippen MR) is 83.7 cm³/mol. The van der Waals surface area contributed by atoms with Gasteiger partial charge in [0.15, 0.2) is 0 Å². The number of fused-ring (bicyclic) bond motifs is 1. The van der Waals surface area contributed by atoms with E-state index in [0.717, 1.165) is 23.3 Å². The maximum atomic E-state index is 12.3. The van der Waals surface area contributed by atoms with Crippen LogP contribution in [0.2, 0.25) is 5.02 Å². The van der Waals surface area contributed by atoms with Crippen molar-refractivity contribution in [1.82, 2.24) is 5.32 Å². The van der Waals surface area contributed by atoms with Crippen LogP contribution in [0.1, 0.15) is 45.1 Å². The van der Waals surface area contributed by atoms with Crippen LogP contribution in [-0.2, 0) is 12.8 Å². The number of benzene rings is 1. The Bertz CT molecular complexity index is 611. The van der Waals surface area contributed by atoms with Gasteiger partial charge < -0.3 is 5.32 Å². The molecule has 0 saturated carbocycles. The minimum atomic E-state index is -0.0169. The molecule has 1 heterocycles. The summed E-state index contributed by atoms with van der Waals surface area (Å²) in [5.41, 5.74) is 2.42. The van der Waals surface area contributed by atoms with Crippen LogP contribution in [0.25, 0.3) is 0 Å². The van der Waals surface area contributed by atoms with Crippen LogP contribution in [0.15, 0.2) is 30.3 Å². The second kappa shape index (κ2) is 5.58. The summed E-state index contributed by atoms with van der Waals surface area (Å²) in [5, 5.41) is 3.76. The summed E-state index contributed by atoms with van der Waals surface area (Å²) >= 11 is 7.51. The first-order valence-corrected chi connectivity index (χ1v) is 8.01. The monoisotopic (exact) mass is 305 g/mol. The number of carbonyl (C=O) groups is 1. The van der Waals surface area contributed by atoms with Crippen LogP contribution in [0.5, 0.6) is 0 Å². The molecule has 0 aliphatic heterocycles. The Balaban J connectivity index is 1.70. The highest BCUT2D eigenvalue weighted by atomic mass is 35.5. The minimum Gasteiger partial charge on any atom is -0.345 e. The number of carbonyl (C=O) groups excluding carboxylic acids is 1. The van der Waals surface area contributed by atoms with Gasteiger partial charge in [-0.2, -0.15) is 0 Å². The highest BCUT2D eigenvalue weighted by Crippen LogP contribution is 2.30. The molecule has 104 valence electrons. The molecule has 0 spiro atoms. The van der Waals surface area contributed by atoms with Crippen molar-refractivity contribution >= 4 is 28.8 Å². The largest absolute Gasteiger partial charge is 0.345 e. The molecule has 1 amide bonds. The van der Waals surface area contributed by atoms with E-state index in [1.54, 1.807) is 11.3 Å². The second-order valence-corrected chi connectivity index (χ2v) is 6.73. The summed E-state index contributed by atoms with van der Waals surface area (Å²) < 4.78 is 0. The lowest BCUT2D eigenvalue weighted by atomic mass is 10.1. The van der Waals surface area contributed by atoms with Crippen molar-refractivity contribution < 1.29 is 4.79 Å². The standard InChI is InChI=1S/C16H16ClNOS/c1-10(11-5-7-13(17)8-6-11)18-16(19)15-9-12-3-2-4-14(12)20-15/h5-10H,2-4H2,1H3,(H,18,19). The van der Waals surface area contributed by atoms with E-state index in [2.05, 4.69) is 11.4 Å². The van der Waals surface area contributed by atoms with Crippen LogP contribution < -0.4 is 5.32 Å². The van der Waals surface area contributed by atoms with Gasteiger partial charge in [-0.25, -0.2) is 0 Å². The van der Waals surface area contributed by atoms with Gasteiger partial charge in [0, 0.05) is 9.90 Å². The van der Waals surface area contributed by atoms with Crippen LogP contribution >= 0.6 is 22.9 Å². The average molecular weight is 306 g/mol. The topological polar surface area (TPSA) is 29.1 Å². The van der Waals surface area contributed by atoms with Crippen molar-refractivity contribution in [2.75, 3.05) is 0 Å². The van der Waals surface area contributed by atoms with E-state index in [0.29, 0.717) is 5.02 Å². The van der Waals surface area contributed by atoms with E-state index < -0.39 is 0 Å². The van der Waals surface area contributed by atoms with Gasteiger partial charge in [-0.1, -0.05) is 23.7 Å². The quantitative estimate of drug-likeness (QED) is 0.895. The lowest BCUT2D eigenvalue weighted by Gasteiger charge is -2.13. The molecule has 1 N–H and O–H groups in total. The summed E-state index contributed by atoms with van der Waals surface area (Å²) in [6.07, 6.45) is 3.47. The Morgan fingerprint density at radius 2 is 2.05 bits per heavy atom. The first-order valence-electron chi connectivity index (χ1n) is 6.81. The van der Waals surface area contributed by atoms with Crippen molar-refractivity contribution in [2.45, 2.75) is 32.2 Å². The number of nitrogens with one attached hydrogen (secondary N) is 1. The highest BCUT2D eigenvalue weighted by molar-refractivity contribution is 7.14. The number of amides is 1. The van der Waals surface area contributed by atoms with Gasteiger partial charge in [-0.3, -0.25) is 4.79 Å². The van der Waals surface area contributed by atoms with Gasteiger partial charge >= 0.3 is 0 Å². The zero-order valence-electron chi connectivity index (χ0n) is 11.3. The van der Waals surface area contributed by atoms with Gasteiger partial charge in [0.1, 0.15) is 0 Å². The maximum Gasteiger partial charge on any atom is 0.261 e.